The minimum Gasteiger partial charge on any atom is -0.365 e. The molecule has 2 atom stereocenters. The van der Waals surface area contributed by atoms with E-state index in [0.29, 0.717) is 28.5 Å². The van der Waals surface area contributed by atoms with E-state index in [0.717, 1.165) is 18.5 Å². The molecule has 104 valence electrons. The molecule has 1 fully saturated rings. The molecule has 6 heteroatoms. The van der Waals surface area contributed by atoms with Crippen LogP contribution in [-0.4, -0.2) is 33.3 Å². The van der Waals surface area contributed by atoms with Crippen molar-refractivity contribution in [3.63, 3.8) is 0 Å². The van der Waals surface area contributed by atoms with Gasteiger partial charge in [-0.25, -0.2) is 9.97 Å². The summed E-state index contributed by atoms with van der Waals surface area (Å²) in [5, 5.41) is 4.20. The second kappa shape index (κ2) is 6.57. The van der Waals surface area contributed by atoms with E-state index in [1.165, 1.54) is 12.8 Å². The number of hydrogen-bond acceptors (Lipinski definition) is 5. The summed E-state index contributed by atoms with van der Waals surface area (Å²) in [4.78, 5) is 19.5. The van der Waals surface area contributed by atoms with Crippen molar-refractivity contribution in [3.05, 3.63) is 16.5 Å². The highest BCUT2D eigenvalue weighted by Gasteiger charge is 2.28. The summed E-state index contributed by atoms with van der Waals surface area (Å²) in [6.45, 7) is 3.95. The van der Waals surface area contributed by atoms with E-state index in [1.54, 1.807) is 6.92 Å². The highest BCUT2D eigenvalue weighted by atomic mass is 35.5. The second-order valence-electron chi connectivity index (χ2n) is 4.62. The van der Waals surface area contributed by atoms with Gasteiger partial charge < -0.3 is 5.32 Å². The Morgan fingerprint density at radius 2 is 2.26 bits per heavy atom. The number of rotatable bonds is 5. The Morgan fingerprint density at radius 1 is 1.47 bits per heavy atom. The van der Waals surface area contributed by atoms with E-state index in [4.69, 9.17) is 11.6 Å². The van der Waals surface area contributed by atoms with Crippen LogP contribution in [0.4, 0.5) is 5.82 Å². The maximum Gasteiger partial charge on any atom is 0.156 e. The summed E-state index contributed by atoms with van der Waals surface area (Å²) < 4.78 is 0. The number of thioether (sulfide) groups is 1. The first-order valence-corrected chi connectivity index (χ1v) is 7.95. The summed E-state index contributed by atoms with van der Waals surface area (Å²) in [6.07, 6.45) is 4.26. The molecule has 1 N–H and O–H groups in total. The largest absolute Gasteiger partial charge is 0.365 e. The number of aryl methyl sites for hydroxylation is 1. The Bertz CT molecular complexity index is 469. The molecule has 0 saturated heterocycles. The maximum absolute atomic E-state index is 11.1. The fraction of sp³-hybridized carbons (Fsp3) is 0.615. The molecule has 1 aliphatic rings. The lowest BCUT2D eigenvalue weighted by Crippen LogP contribution is -2.27. The molecule has 1 saturated carbocycles. The molecule has 1 aliphatic carbocycles. The van der Waals surface area contributed by atoms with Gasteiger partial charge in [-0.2, -0.15) is 11.8 Å². The second-order valence-corrected chi connectivity index (χ2v) is 6.49. The third-order valence-corrected chi connectivity index (χ3v) is 4.90. The van der Waals surface area contributed by atoms with Crippen LogP contribution in [0.5, 0.6) is 0 Å². The third-order valence-electron chi connectivity index (χ3n) is 3.28. The topological polar surface area (TPSA) is 54.9 Å². The van der Waals surface area contributed by atoms with Crippen molar-refractivity contribution in [1.82, 2.24) is 9.97 Å². The average molecular weight is 300 g/mol. The molecule has 4 nitrogen and oxygen atoms in total. The molecule has 0 aliphatic heterocycles. The number of carbonyl (C=O) groups excluding carboxylic acids is 1. The number of anilines is 1. The molecular weight excluding hydrogens is 282 g/mol. The molecule has 1 heterocycles. The Kier molecular flexibility index (Phi) is 5.05. The number of carbonyl (C=O) groups is 1. The van der Waals surface area contributed by atoms with E-state index in [9.17, 15) is 4.79 Å². The van der Waals surface area contributed by atoms with Crippen LogP contribution in [0, 0.1) is 6.92 Å². The van der Waals surface area contributed by atoms with Crippen molar-refractivity contribution in [2.75, 3.05) is 11.1 Å². The highest BCUT2D eigenvalue weighted by Crippen LogP contribution is 2.32. The van der Waals surface area contributed by atoms with Crippen molar-refractivity contribution in [2.45, 2.75) is 44.4 Å². The van der Waals surface area contributed by atoms with E-state index >= 15 is 0 Å². The molecule has 0 spiro atoms. The van der Waals surface area contributed by atoms with Crippen LogP contribution in [0.3, 0.4) is 0 Å². The van der Waals surface area contributed by atoms with Gasteiger partial charge in [0.05, 0.1) is 5.56 Å². The molecule has 19 heavy (non-hydrogen) atoms. The number of nitrogens with one attached hydrogen (secondary N) is 1. The molecule has 1 aromatic heterocycles. The minimum atomic E-state index is 0.225. The zero-order chi connectivity index (χ0) is 13.8. The molecule has 0 aromatic carbocycles. The maximum atomic E-state index is 11.1. The predicted molar refractivity (Wildman–Crippen MR) is 80.3 cm³/mol. The molecule has 2 unspecified atom stereocenters. The molecule has 0 radical (unpaired) electrons. The van der Waals surface area contributed by atoms with Gasteiger partial charge in [-0.05, 0) is 25.5 Å². The van der Waals surface area contributed by atoms with E-state index in [1.807, 2.05) is 11.8 Å². The van der Waals surface area contributed by atoms with Gasteiger partial charge in [-0.3, -0.25) is 4.79 Å². The van der Waals surface area contributed by atoms with Gasteiger partial charge in [0.15, 0.2) is 6.29 Å². The number of aromatic nitrogens is 2. The summed E-state index contributed by atoms with van der Waals surface area (Å²) in [5.41, 5.74) is 0.361. The van der Waals surface area contributed by atoms with Gasteiger partial charge in [0.25, 0.3) is 0 Å². The Hall–Kier alpha value is -0.810. The Morgan fingerprint density at radius 3 is 2.95 bits per heavy atom. The first-order chi connectivity index (χ1) is 9.15. The number of hydrogen-bond donors (Lipinski definition) is 1. The van der Waals surface area contributed by atoms with E-state index in [-0.39, 0.29) is 5.15 Å². The van der Waals surface area contributed by atoms with Crippen LogP contribution in [-0.2, 0) is 0 Å². The fourth-order valence-electron chi connectivity index (χ4n) is 2.44. The quantitative estimate of drug-likeness (QED) is 0.667. The molecular formula is C13H18ClN3OS. The number of nitrogens with zero attached hydrogens (tertiary/aromatic N) is 2. The van der Waals surface area contributed by atoms with Crippen molar-refractivity contribution >= 4 is 35.5 Å². The van der Waals surface area contributed by atoms with Gasteiger partial charge in [0.1, 0.15) is 16.8 Å². The van der Waals surface area contributed by atoms with E-state index in [2.05, 4.69) is 22.2 Å². The number of aldehydes is 1. The standard InChI is InChI=1S/C13H18ClN3OS/c1-3-19-11-6-4-5-10(11)17-13-9(7-18)12(14)15-8(2)16-13/h7,10-11H,3-6H2,1-2H3,(H,15,16,17). The summed E-state index contributed by atoms with van der Waals surface area (Å²) in [7, 11) is 0. The monoisotopic (exact) mass is 299 g/mol. The Balaban J connectivity index is 2.20. The van der Waals surface area contributed by atoms with Crippen LogP contribution in [0.25, 0.3) is 0 Å². The fourth-order valence-corrected chi connectivity index (χ4v) is 3.90. The first kappa shape index (κ1) is 14.6. The van der Waals surface area contributed by atoms with Crippen molar-refractivity contribution in [2.24, 2.45) is 0 Å². The lowest BCUT2D eigenvalue weighted by Gasteiger charge is -2.21. The summed E-state index contributed by atoms with van der Waals surface area (Å²) in [5.74, 6) is 2.25. The van der Waals surface area contributed by atoms with Gasteiger partial charge in [-0.15, -0.1) is 0 Å². The SMILES string of the molecule is CCSC1CCCC1Nc1nc(C)nc(Cl)c1C=O. The van der Waals surface area contributed by atoms with Crippen molar-refractivity contribution < 1.29 is 4.79 Å². The summed E-state index contributed by atoms with van der Waals surface area (Å²) >= 11 is 7.95. The third kappa shape index (κ3) is 3.39. The van der Waals surface area contributed by atoms with Crippen LogP contribution >= 0.6 is 23.4 Å². The van der Waals surface area contributed by atoms with Crippen LogP contribution in [0.1, 0.15) is 42.4 Å². The number of halogens is 1. The first-order valence-electron chi connectivity index (χ1n) is 6.53. The van der Waals surface area contributed by atoms with Crippen LogP contribution in [0.2, 0.25) is 5.15 Å². The predicted octanol–water partition coefficient (Wildman–Crippen LogP) is 3.34. The van der Waals surface area contributed by atoms with Gasteiger partial charge in [-0.1, -0.05) is 24.9 Å². The van der Waals surface area contributed by atoms with Crippen molar-refractivity contribution in [1.29, 1.82) is 0 Å². The molecule has 0 bridgehead atoms. The molecule has 1 aromatic rings. The lowest BCUT2D eigenvalue weighted by atomic mass is 10.2. The summed E-state index contributed by atoms with van der Waals surface area (Å²) in [6, 6.07) is 0.356. The minimum absolute atomic E-state index is 0.225. The van der Waals surface area contributed by atoms with Crippen molar-refractivity contribution in [3.8, 4) is 0 Å². The Labute approximate surface area is 122 Å². The van der Waals surface area contributed by atoms with Gasteiger partial charge >= 0.3 is 0 Å². The van der Waals surface area contributed by atoms with Gasteiger partial charge in [0.2, 0.25) is 0 Å². The smallest absolute Gasteiger partial charge is 0.156 e. The molecule has 2 rings (SSSR count). The van der Waals surface area contributed by atoms with E-state index < -0.39 is 0 Å². The average Bonchev–Trinajstić information content (AvgIpc) is 2.77. The normalized spacial score (nSPS) is 22.5. The zero-order valence-corrected chi connectivity index (χ0v) is 12.7. The molecule has 0 amide bonds. The zero-order valence-electron chi connectivity index (χ0n) is 11.1. The highest BCUT2D eigenvalue weighted by molar-refractivity contribution is 7.99. The van der Waals surface area contributed by atoms with Gasteiger partial charge in [0, 0.05) is 11.3 Å². The van der Waals surface area contributed by atoms with Crippen LogP contribution in [0.15, 0.2) is 0 Å². The lowest BCUT2D eigenvalue weighted by molar-refractivity contribution is 0.112. The van der Waals surface area contributed by atoms with Crippen LogP contribution < -0.4 is 5.32 Å².